The van der Waals surface area contributed by atoms with Crippen LogP contribution < -0.4 is 4.90 Å². The van der Waals surface area contributed by atoms with Gasteiger partial charge in [0, 0.05) is 17.5 Å². The molecule has 1 aromatic rings. The molecular weight excluding hydrogens is 234 g/mol. The Hall–Kier alpha value is -1.29. The Balaban J connectivity index is 2.46. The fraction of sp³-hybridized carbons (Fsp3) is 0.385. The smallest absolute Gasteiger partial charge is 0.240 e. The van der Waals surface area contributed by atoms with Gasteiger partial charge in [0.1, 0.15) is 0 Å². The number of carbonyl (C=O) groups excluding carboxylic acids is 2. The number of carbonyl (C=O) groups is 2. The number of hydrogen-bond donors (Lipinski definition) is 0. The highest BCUT2D eigenvalue weighted by Crippen LogP contribution is 2.40. The maximum Gasteiger partial charge on any atom is 0.240 e. The van der Waals surface area contributed by atoms with E-state index >= 15 is 0 Å². The van der Waals surface area contributed by atoms with E-state index in [1.54, 1.807) is 36.7 Å². The summed E-state index contributed by atoms with van der Waals surface area (Å²) in [5, 5.41) is -0.0327. The van der Waals surface area contributed by atoms with Crippen molar-refractivity contribution in [3.05, 3.63) is 23.8 Å². The number of hydrogen-bond acceptors (Lipinski definition) is 3. The summed E-state index contributed by atoms with van der Waals surface area (Å²) in [7, 11) is 1.79. The average molecular weight is 249 g/mol. The lowest BCUT2D eigenvalue weighted by Crippen LogP contribution is -2.37. The normalized spacial score (nSPS) is 19.1. The van der Waals surface area contributed by atoms with Crippen molar-refractivity contribution in [2.75, 3.05) is 11.9 Å². The Morgan fingerprint density at radius 3 is 2.76 bits per heavy atom. The van der Waals surface area contributed by atoms with Crippen molar-refractivity contribution in [1.82, 2.24) is 0 Å². The fourth-order valence-electron chi connectivity index (χ4n) is 1.90. The zero-order chi connectivity index (χ0) is 12.6. The van der Waals surface area contributed by atoms with Crippen molar-refractivity contribution >= 4 is 29.1 Å². The molecule has 1 unspecified atom stereocenters. The second-order valence-corrected chi connectivity index (χ2v) is 5.40. The van der Waals surface area contributed by atoms with Crippen LogP contribution in [-0.4, -0.2) is 24.0 Å². The van der Waals surface area contributed by atoms with Gasteiger partial charge in [0.25, 0.3) is 0 Å². The minimum Gasteiger partial charge on any atom is -0.313 e. The molecule has 1 aliphatic rings. The predicted octanol–water partition coefficient (Wildman–Crippen LogP) is 2.74. The monoisotopic (exact) mass is 249 g/mol. The molecule has 0 spiro atoms. The average Bonchev–Trinajstić information content (AvgIpc) is 2.33. The molecule has 0 aromatic heterocycles. The summed E-state index contributed by atoms with van der Waals surface area (Å²) in [5.74, 6) is 0.196. The van der Waals surface area contributed by atoms with Crippen LogP contribution in [0.5, 0.6) is 0 Å². The molecule has 4 heteroatoms. The van der Waals surface area contributed by atoms with E-state index in [1.807, 2.05) is 19.1 Å². The Labute approximate surface area is 105 Å². The molecule has 0 radical (unpaired) electrons. The molecular formula is C13H15NO2S. The lowest BCUT2D eigenvalue weighted by atomic mass is 10.1. The maximum absolute atomic E-state index is 12.0. The first-order chi connectivity index (χ1) is 8.04. The lowest BCUT2D eigenvalue weighted by Gasteiger charge is -2.30. The third kappa shape index (κ3) is 2.09. The molecule has 2 rings (SSSR count). The van der Waals surface area contributed by atoms with Crippen molar-refractivity contribution in [3.63, 3.8) is 0 Å². The maximum atomic E-state index is 12.0. The number of Topliss-reactive ketones (excluding diaryl/α,β-unsaturated/α-hetero) is 1. The van der Waals surface area contributed by atoms with Gasteiger partial charge in [0.05, 0.1) is 10.9 Å². The van der Waals surface area contributed by atoms with Gasteiger partial charge in [-0.2, -0.15) is 0 Å². The van der Waals surface area contributed by atoms with Crippen LogP contribution in [0, 0.1) is 0 Å². The zero-order valence-corrected chi connectivity index (χ0v) is 11.0. The summed E-state index contributed by atoms with van der Waals surface area (Å²) in [5.41, 5.74) is 1.60. The summed E-state index contributed by atoms with van der Waals surface area (Å²) in [4.78, 5) is 26.0. The molecule has 1 aromatic carbocycles. The van der Waals surface area contributed by atoms with Gasteiger partial charge in [-0.1, -0.05) is 6.92 Å². The summed E-state index contributed by atoms with van der Waals surface area (Å²) in [6, 6.07) is 5.51. The highest BCUT2D eigenvalue weighted by Gasteiger charge is 2.30. The van der Waals surface area contributed by atoms with Gasteiger partial charge in [0.15, 0.2) is 5.78 Å². The van der Waals surface area contributed by atoms with Crippen LogP contribution in [0.2, 0.25) is 0 Å². The molecule has 3 nitrogen and oxygen atoms in total. The summed E-state index contributed by atoms with van der Waals surface area (Å²) < 4.78 is 0. The van der Waals surface area contributed by atoms with E-state index in [2.05, 4.69) is 0 Å². The largest absolute Gasteiger partial charge is 0.313 e. The summed E-state index contributed by atoms with van der Waals surface area (Å²) in [6.07, 6.45) is 0.803. The number of thioether (sulfide) groups is 1. The van der Waals surface area contributed by atoms with E-state index in [0.717, 1.165) is 17.0 Å². The Morgan fingerprint density at radius 2 is 2.18 bits per heavy atom. The van der Waals surface area contributed by atoms with Gasteiger partial charge in [-0.05, 0) is 31.5 Å². The summed E-state index contributed by atoms with van der Waals surface area (Å²) in [6.45, 7) is 3.56. The highest BCUT2D eigenvalue weighted by atomic mass is 32.2. The number of ketones is 1. The van der Waals surface area contributed by atoms with Crippen molar-refractivity contribution in [3.8, 4) is 0 Å². The molecule has 0 aliphatic carbocycles. The van der Waals surface area contributed by atoms with E-state index < -0.39 is 0 Å². The van der Waals surface area contributed by atoms with Crippen LogP contribution in [0.1, 0.15) is 30.6 Å². The van der Waals surface area contributed by atoms with Gasteiger partial charge in [-0.15, -0.1) is 11.8 Å². The van der Waals surface area contributed by atoms with Gasteiger partial charge < -0.3 is 4.90 Å². The Kier molecular flexibility index (Phi) is 3.24. The van der Waals surface area contributed by atoms with Crippen LogP contribution in [0.3, 0.4) is 0 Å². The first-order valence-corrected chi connectivity index (χ1v) is 6.51. The molecule has 1 heterocycles. The molecule has 0 saturated carbocycles. The number of rotatable bonds is 2. The first kappa shape index (κ1) is 12.2. The van der Waals surface area contributed by atoms with E-state index in [0.29, 0.717) is 5.56 Å². The van der Waals surface area contributed by atoms with E-state index in [-0.39, 0.29) is 16.9 Å². The number of nitrogens with zero attached hydrogens (tertiary/aromatic N) is 1. The van der Waals surface area contributed by atoms with Gasteiger partial charge >= 0.3 is 0 Å². The number of anilines is 1. The Morgan fingerprint density at radius 1 is 1.47 bits per heavy atom. The topological polar surface area (TPSA) is 37.4 Å². The molecule has 1 amide bonds. The van der Waals surface area contributed by atoms with E-state index in [4.69, 9.17) is 0 Å². The second kappa shape index (κ2) is 4.53. The molecule has 1 aliphatic heterocycles. The van der Waals surface area contributed by atoms with Crippen LogP contribution in [0.25, 0.3) is 0 Å². The van der Waals surface area contributed by atoms with Crippen LogP contribution >= 0.6 is 11.8 Å². The Bertz CT molecular complexity index is 484. The minimum atomic E-state index is -0.0327. The SMILES string of the molecule is CCC1Sc2cc(C(C)=O)ccc2N(C)C1=O. The number of fused-ring (bicyclic) bond motifs is 1. The molecule has 0 saturated heterocycles. The van der Waals surface area contributed by atoms with Crippen LogP contribution in [-0.2, 0) is 4.79 Å². The highest BCUT2D eigenvalue weighted by molar-refractivity contribution is 8.01. The van der Waals surface area contributed by atoms with Crippen molar-refractivity contribution < 1.29 is 9.59 Å². The molecule has 90 valence electrons. The molecule has 0 N–H and O–H groups in total. The van der Waals surface area contributed by atoms with E-state index in [9.17, 15) is 9.59 Å². The molecule has 0 bridgehead atoms. The predicted molar refractivity (Wildman–Crippen MR) is 69.8 cm³/mol. The first-order valence-electron chi connectivity index (χ1n) is 5.63. The lowest BCUT2D eigenvalue weighted by molar-refractivity contribution is -0.118. The number of amides is 1. The number of benzene rings is 1. The second-order valence-electron chi connectivity index (χ2n) is 4.15. The van der Waals surface area contributed by atoms with E-state index in [1.165, 1.54) is 0 Å². The van der Waals surface area contributed by atoms with Crippen molar-refractivity contribution in [1.29, 1.82) is 0 Å². The van der Waals surface area contributed by atoms with Gasteiger partial charge in [-0.25, -0.2) is 0 Å². The molecule has 0 fully saturated rings. The quantitative estimate of drug-likeness (QED) is 0.756. The van der Waals surface area contributed by atoms with Crippen LogP contribution in [0.4, 0.5) is 5.69 Å². The van der Waals surface area contributed by atoms with Gasteiger partial charge in [-0.3, -0.25) is 9.59 Å². The molecule has 17 heavy (non-hydrogen) atoms. The summed E-state index contributed by atoms with van der Waals surface area (Å²) >= 11 is 1.56. The van der Waals surface area contributed by atoms with Gasteiger partial charge in [0.2, 0.25) is 5.91 Å². The van der Waals surface area contributed by atoms with Crippen molar-refractivity contribution in [2.45, 2.75) is 30.4 Å². The van der Waals surface area contributed by atoms with Crippen LogP contribution in [0.15, 0.2) is 23.1 Å². The molecule has 1 atom stereocenters. The minimum absolute atomic E-state index is 0.0327. The third-order valence-electron chi connectivity index (χ3n) is 2.97. The van der Waals surface area contributed by atoms with Crippen molar-refractivity contribution in [2.24, 2.45) is 0 Å². The standard InChI is InChI=1S/C13H15NO2S/c1-4-11-13(16)14(3)10-6-5-9(8(2)15)7-12(10)17-11/h5-7,11H,4H2,1-3H3. The third-order valence-corrected chi connectivity index (χ3v) is 4.37. The zero-order valence-electron chi connectivity index (χ0n) is 10.2. The fourth-order valence-corrected chi connectivity index (χ4v) is 3.15.